The van der Waals surface area contributed by atoms with E-state index < -0.39 is 5.97 Å². The number of aliphatic hydroxyl groups excluding tert-OH is 1. The summed E-state index contributed by atoms with van der Waals surface area (Å²) in [5.41, 5.74) is 5.38. The molecule has 3 N–H and O–H groups in total. The molecule has 3 aromatic carbocycles. The number of nitrogens with one attached hydrogen (secondary N) is 1. The number of carbonyl (C=O) groups is 1. The first kappa shape index (κ1) is 29.4. The molecule has 0 unspecified atom stereocenters. The fourth-order valence-corrected chi connectivity index (χ4v) is 5.86. The number of H-pyrrole nitrogens is 1. The van der Waals surface area contributed by atoms with Gasteiger partial charge in [-0.05, 0) is 42.8 Å². The van der Waals surface area contributed by atoms with Gasteiger partial charge in [0, 0.05) is 40.2 Å². The van der Waals surface area contributed by atoms with Crippen LogP contribution in [0, 0.1) is 6.92 Å². The highest BCUT2D eigenvalue weighted by atomic mass is 35.5. The normalized spacial score (nSPS) is 11.5. The number of carboxylic acids is 1. The van der Waals surface area contributed by atoms with E-state index in [1.165, 1.54) is 6.26 Å². The first-order valence-corrected chi connectivity index (χ1v) is 14.6. The number of aromatic amines is 1. The minimum Gasteiger partial charge on any atom is -0.493 e. The molecule has 0 saturated heterocycles. The molecule has 0 saturated carbocycles. The monoisotopic (exact) mass is 614 g/mol. The van der Waals surface area contributed by atoms with E-state index in [1.54, 1.807) is 10.7 Å². The average Bonchev–Trinajstić information content (AvgIpc) is 3.71. The molecule has 3 heterocycles. The average molecular weight is 615 g/mol. The van der Waals surface area contributed by atoms with Gasteiger partial charge in [0.25, 0.3) is 0 Å². The summed E-state index contributed by atoms with van der Waals surface area (Å²) in [5.74, 6) is -0.250. The Balaban J connectivity index is 1.28. The zero-order valence-electron chi connectivity index (χ0n) is 24.3. The van der Waals surface area contributed by atoms with Gasteiger partial charge in [-0.25, -0.2) is 4.79 Å². The molecule has 0 amide bonds. The van der Waals surface area contributed by atoms with Gasteiger partial charge in [-0.15, -0.1) is 0 Å². The number of nitrogens with zero attached hydrogens (tertiary/aromatic N) is 3. The Labute approximate surface area is 257 Å². The van der Waals surface area contributed by atoms with Gasteiger partial charge in [0.05, 0.1) is 42.7 Å². The topological polar surface area (TPSA) is 136 Å². The Morgan fingerprint density at radius 1 is 1.05 bits per heavy atom. The number of carboxylic acid groups (broad SMARTS) is 1. The molecule has 0 fully saturated rings. The molecular formula is C33H31ClN4O6. The third-order valence-electron chi connectivity index (χ3n) is 7.86. The number of hydrogen-bond acceptors (Lipinski definition) is 7. The van der Waals surface area contributed by atoms with Crippen LogP contribution >= 0.6 is 11.6 Å². The molecule has 0 aliphatic heterocycles. The maximum absolute atomic E-state index is 12.4. The first-order chi connectivity index (χ1) is 21.4. The highest BCUT2D eigenvalue weighted by Crippen LogP contribution is 2.41. The van der Waals surface area contributed by atoms with E-state index in [0.717, 1.165) is 33.2 Å². The number of halogens is 1. The summed E-state index contributed by atoms with van der Waals surface area (Å²) in [6.07, 6.45) is 2.48. The SMILES string of the molecule is Cc1c(-c2c(Cl)ccc3c(CCCOc4cccc5ccccc45)c(C(=O)O)[nH]c23)c(COCc2nocc2CO)nn1C. The quantitative estimate of drug-likeness (QED) is 0.131. The summed E-state index contributed by atoms with van der Waals surface area (Å²) in [5, 5.41) is 31.5. The van der Waals surface area contributed by atoms with Gasteiger partial charge in [-0.1, -0.05) is 59.2 Å². The minimum absolute atomic E-state index is 0.121. The molecule has 6 aromatic rings. The van der Waals surface area contributed by atoms with Crippen molar-refractivity contribution in [3.8, 4) is 16.9 Å². The number of aliphatic hydroxyl groups is 1. The molecule has 0 aliphatic rings. The summed E-state index contributed by atoms with van der Waals surface area (Å²) in [6.45, 7) is 2.40. The lowest BCUT2D eigenvalue weighted by molar-refractivity contribution is 0.0690. The Kier molecular flexibility index (Phi) is 8.38. The van der Waals surface area contributed by atoms with Crippen molar-refractivity contribution in [3.63, 3.8) is 0 Å². The van der Waals surface area contributed by atoms with Crippen molar-refractivity contribution in [1.82, 2.24) is 19.9 Å². The molecule has 0 aliphatic carbocycles. The van der Waals surface area contributed by atoms with Gasteiger partial charge >= 0.3 is 5.97 Å². The number of aromatic carboxylic acids is 1. The van der Waals surface area contributed by atoms with Crippen molar-refractivity contribution in [3.05, 3.63) is 99.8 Å². The second kappa shape index (κ2) is 12.5. The maximum atomic E-state index is 12.4. The number of hydrogen-bond donors (Lipinski definition) is 3. The minimum atomic E-state index is -1.05. The van der Waals surface area contributed by atoms with Crippen molar-refractivity contribution in [2.24, 2.45) is 7.05 Å². The third kappa shape index (κ3) is 5.55. The van der Waals surface area contributed by atoms with Crippen LogP contribution in [0.15, 0.2) is 65.4 Å². The summed E-state index contributed by atoms with van der Waals surface area (Å²) in [6, 6.07) is 17.6. The summed E-state index contributed by atoms with van der Waals surface area (Å²) >= 11 is 6.81. The van der Waals surface area contributed by atoms with Crippen molar-refractivity contribution in [2.45, 2.75) is 39.6 Å². The third-order valence-corrected chi connectivity index (χ3v) is 8.17. The molecule has 11 heteroatoms. The standard InChI is InChI=1S/C33H31ClN4O6/c1-19-29(27(36-38(19)2)18-42-17-26-21(15-39)16-44-37-26)30-25(34)13-12-24-23(32(33(40)41)35-31(24)30)10-6-14-43-28-11-5-8-20-7-3-4-9-22(20)28/h3-5,7-9,11-13,16,35,39H,6,10,14-15,17-18H2,1-2H3,(H,40,41). The van der Waals surface area contributed by atoms with E-state index in [9.17, 15) is 15.0 Å². The number of fused-ring (bicyclic) bond motifs is 2. The second-order valence-corrected chi connectivity index (χ2v) is 10.9. The zero-order chi connectivity index (χ0) is 30.8. The molecule has 0 atom stereocenters. The molecule has 226 valence electrons. The van der Waals surface area contributed by atoms with Crippen LogP contribution in [-0.2, 0) is 38.0 Å². The number of ether oxygens (including phenoxy) is 2. The van der Waals surface area contributed by atoms with Gasteiger partial charge < -0.3 is 29.2 Å². The van der Waals surface area contributed by atoms with Crippen molar-refractivity contribution in [1.29, 1.82) is 0 Å². The Morgan fingerprint density at radius 2 is 1.84 bits per heavy atom. The summed E-state index contributed by atoms with van der Waals surface area (Å²) in [7, 11) is 1.83. The van der Waals surface area contributed by atoms with E-state index in [4.69, 9.17) is 25.6 Å². The molecule has 6 rings (SSSR count). The largest absolute Gasteiger partial charge is 0.493 e. The fraction of sp³-hybridized carbons (Fsp3) is 0.242. The van der Waals surface area contributed by atoms with E-state index in [-0.39, 0.29) is 25.5 Å². The summed E-state index contributed by atoms with van der Waals surface area (Å²) in [4.78, 5) is 15.6. The fourth-order valence-electron chi connectivity index (χ4n) is 5.61. The van der Waals surface area contributed by atoms with E-state index in [1.807, 2.05) is 62.5 Å². The molecule has 3 aromatic heterocycles. The predicted molar refractivity (Wildman–Crippen MR) is 166 cm³/mol. The van der Waals surface area contributed by atoms with Crippen LogP contribution < -0.4 is 4.74 Å². The Morgan fingerprint density at radius 3 is 2.66 bits per heavy atom. The lowest BCUT2D eigenvalue weighted by Crippen LogP contribution is -2.04. The zero-order valence-corrected chi connectivity index (χ0v) is 25.0. The highest BCUT2D eigenvalue weighted by molar-refractivity contribution is 6.35. The van der Waals surface area contributed by atoms with E-state index >= 15 is 0 Å². The summed E-state index contributed by atoms with van der Waals surface area (Å²) < 4.78 is 18.7. The molecular weight excluding hydrogens is 584 g/mol. The van der Waals surface area contributed by atoms with Crippen molar-refractivity contribution >= 4 is 39.2 Å². The van der Waals surface area contributed by atoms with Gasteiger partial charge in [-0.2, -0.15) is 5.10 Å². The molecule has 0 spiro atoms. The number of aryl methyl sites for hydroxylation is 2. The number of benzene rings is 3. The van der Waals surface area contributed by atoms with Crippen LogP contribution in [0.3, 0.4) is 0 Å². The van der Waals surface area contributed by atoms with Gasteiger partial charge in [0.1, 0.15) is 23.4 Å². The van der Waals surface area contributed by atoms with E-state index in [2.05, 4.69) is 15.2 Å². The lowest BCUT2D eigenvalue weighted by Gasteiger charge is -2.11. The Hall–Kier alpha value is -4.64. The smallest absolute Gasteiger partial charge is 0.352 e. The predicted octanol–water partition coefficient (Wildman–Crippen LogP) is 6.59. The molecule has 0 bridgehead atoms. The van der Waals surface area contributed by atoms with Crippen LogP contribution in [0.25, 0.3) is 32.8 Å². The van der Waals surface area contributed by atoms with Crippen LogP contribution in [0.4, 0.5) is 0 Å². The highest BCUT2D eigenvalue weighted by Gasteiger charge is 2.25. The van der Waals surface area contributed by atoms with Crippen LogP contribution in [0.5, 0.6) is 5.75 Å². The lowest BCUT2D eigenvalue weighted by atomic mass is 9.98. The number of rotatable bonds is 12. The van der Waals surface area contributed by atoms with E-state index in [0.29, 0.717) is 58.1 Å². The van der Waals surface area contributed by atoms with Gasteiger partial charge in [0.2, 0.25) is 0 Å². The van der Waals surface area contributed by atoms with Crippen LogP contribution in [0.2, 0.25) is 5.02 Å². The molecule has 10 nitrogen and oxygen atoms in total. The molecule has 0 radical (unpaired) electrons. The molecule has 44 heavy (non-hydrogen) atoms. The van der Waals surface area contributed by atoms with Gasteiger partial charge in [0.15, 0.2) is 0 Å². The maximum Gasteiger partial charge on any atom is 0.352 e. The first-order valence-electron chi connectivity index (χ1n) is 14.2. The Bertz CT molecular complexity index is 1970. The van der Waals surface area contributed by atoms with Crippen LogP contribution in [0.1, 0.15) is 45.1 Å². The van der Waals surface area contributed by atoms with Crippen molar-refractivity contribution < 1.29 is 29.0 Å². The van der Waals surface area contributed by atoms with Crippen molar-refractivity contribution in [2.75, 3.05) is 6.61 Å². The number of aromatic nitrogens is 4. The second-order valence-electron chi connectivity index (χ2n) is 10.5. The van der Waals surface area contributed by atoms with Crippen LogP contribution in [-0.4, -0.2) is 42.7 Å². The van der Waals surface area contributed by atoms with Gasteiger partial charge in [-0.3, -0.25) is 4.68 Å².